The molecular formula is C23H19F3N6O2S. The molecule has 8 nitrogen and oxygen atoms in total. The van der Waals surface area contributed by atoms with E-state index in [-0.39, 0.29) is 10.6 Å². The molecule has 0 aliphatic heterocycles. The Balaban J connectivity index is 1.45. The minimum Gasteiger partial charge on any atom is -0.340 e. The van der Waals surface area contributed by atoms with Gasteiger partial charge in [0.1, 0.15) is 23.3 Å². The largest absolute Gasteiger partial charge is 0.416 e. The van der Waals surface area contributed by atoms with Crippen LogP contribution in [0.1, 0.15) is 11.4 Å². The van der Waals surface area contributed by atoms with Crippen molar-refractivity contribution in [3.63, 3.8) is 0 Å². The van der Waals surface area contributed by atoms with Gasteiger partial charge in [0, 0.05) is 23.6 Å². The maximum Gasteiger partial charge on any atom is 0.416 e. The predicted molar refractivity (Wildman–Crippen MR) is 126 cm³/mol. The number of rotatable bonds is 7. The second-order valence-corrected chi connectivity index (χ2v) is 9.04. The summed E-state index contributed by atoms with van der Waals surface area (Å²) < 4.78 is 65.5. The number of anilines is 5. The van der Waals surface area contributed by atoms with Gasteiger partial charge in [-0.15, -0.1) is 0 Å². The van der Waals surface area contributed by atoms with Crippen LogP contribution in [0.4, 0.5) is 42.0 Å². The van der Waals surface area contributed by atoms with Crippen LogP contribution in [-0.2, 0) is 16.2 Å². The van der Waals surface area contributed by atoms with Crippen molar-refractivity contribution >= 4 is 38.9 Å². The van der Waals surface area contributed by atoms with Gasteiger partial charge in [-0.2, -0.15) is 13.2 Å². The maximum atomic E-state index is 12.7. The summed E-state index contributed by atoms with van der Waals surface area (Å²) in [5.74, 6) is 2.20. The topological polar surface area (TPSA) is 109 Å². The molecule has 35 heavy (non-hydrogen) atoms. The molecule has 12 heteroatoms. The fourth-order valence-corrected chi connectivity index (χ4v) is 4.13. The maximum absolute atomic E-state index is 12.7. The summed E-state index contributed by atoms with van der Waals surface area (Å²) in [6.45, 7) is 1.74. The molecule has 0 atom stereocenters. The molecule has 0 saturated heterocycles. The number of aromatic nitrogens is 3. The van der Waals surface area contributed by atoms with Crippen molar-refractivity contribution in [3.05, 3.63) is 90.4 Å². The van der Waals surface area contributed by atoms with Crippen LogP contribution in [0.15, 0.2) is 83.9 Å². The van der Waals surface area contributed by atoms with Gasteiger partial charge in [-0.25, -0.2) is 23.4 Å². The number of alkyl halides is 3. The highest BCUT2D eigenvalue weighted by atomic mass is 32.2. The van der Waals surface area contributed by atoms with Gasteiger partial charge in [-0.1, -0.05) is 6.07 Å². The number of nitrogens with one attached hydrogen (secondary N) is 3. The van der Waals surface area contributed by atoms with Gasteiger partial charge in [0.25, 0.3) is 10.0 Å². The minimum absolute atomic E-state index is 0.242. The van der Waals surface area contributed by atoms with Crippen LogP contribution in [0, 0.1) is 6.92 Å². The van der Waals surface area contributed by atoms with Crippen molar-refractivity contribution in [2.45, 2.75) is 18.0 Å². The number of nitrogens with zero attached hydrogens (tertiary/aromatic N) is 3. The third kappa shape index (κ3) is 6.23. The smallest absolute Gasteiger partial charge is 0.340 e. The Bertz CT molecular complexity index is 1410. The minimum atomic E-state index is -4.55. The highest BCUT2D eigenvalue weighted by Gasteiger charge is 2.30. The standard InChI is InChI=1S/C23H19F3N6O2S/c1-15-28-21(14-22(29-15)31-20-4-2-3-13-27-20)30-17-7-9-18(10-8-17)32-35(33,34)19-11-5-16(6-12-19)23(24,25)26/h2-14,32H,1H3,(H2,27,28,29,30,31). The Morgan fingerprint density at radius 3 is 2.00 bits per heavy atom. The second-order valence-electron chi connectivity index (χ2n) is 7.36. The van der Waals surface area contributed by atoms with Gasteiger partial charge >= 0.3 is 6.18 Å². The summed E-state index contributed by atoms with van der Waals surface area (Å²) in [6, 6.07) is 16.7. The fourth-order valence-electron chi connectivity index (χ4n) is 3.07. The van der Waals surface area contributed by atoms with Gasteiger partial charge in [-0.05, 0) is 67.6 Å². The Morgan fingerprint density at radius 1 is 0.771 bits per heavy atom. The SMILES string of the molecule is Cc1nc(Nc2ccc(NS(=O)(=O)c3ccc(C(F)(F)F)cc3)cc2)cc(Nc2ccccn2)n1. The molecule has 0 aliphatic carbocycles. The first-order valence-corrected chi connectivity index (χ1v) is 11.7. The number of sulfonamides is 1. The first-order valence-electron chi connectivity index (χ1n) is 10.2. The summed E-state index contributed by atoms with van der Waals surface area (Å²) in [5.41, 5.74) is -0.0542. The lowest BCUT2D eigenvalue weighted by molar-refractivity contribution is -0.137. The van der Waals surface area contributed by atoms with Crippen LogP contribution in [-0.4, -0.2) is 23.4 Å². The van der Waals surface area contributed by atoms with E-state index in [1.54, 1.807) is 43.5 Å². The molecule has 0 aliphatic rings. The fraction of sp³-hybridized carbons (Fsp3) is 0.0870. The van der Waals surface area contributed by atoms with Gasteiger partial charge in [0.2, 0.25) is 0 Å². The van der Waals surface area contributed by atoms with Crippen LogP contribution in [0.25, 0.3) is 0 Å². The molecule has 2 aromatic carbocycles. The number of hydrogen-bond acceptors (Lipinski definition) is 7. The Kier molecular flexibility index (Phi) is 6.56. The zero-order chi connectivity index (χ0) is 25.1. The highest BCUT2D eigenvalue weighted by molar-refractivity contribution is 7.92. The lowest BCUT2D eigenvalue weighted by atomic mass is 10.2. The van der Waals surface area contributed by atoms with Gasteiger partial charge in [0.15, 0.2) is 0 Å². The first kappa shape index (κ1) is 24.0. The van der Waals surface area contributed by atoms with Gasteiger partial charge in [-0.3, -0.25) is 4.72 Å². The third-order valence-corrected chi connectivity index (χ3v) is 6.06. The number of pyridine rings is 1. The average Bonchev–Trinajstić information content (AvgIpc) is 2.80. The van der Waals surface area contributed by atoms with E-state index in [0.717, 1.165) is 24.3 Å². The van der Waals surface area contributed by atoms with E-state index in [1.165, 1.54) is 12.1 Å². The zero-order valence-electron chi connectivity index (χ0n) is 18.2. The van der Waals surface area contributed by atoms with E-state index in [9.17, 15) is 21.6 Å². The summed E-state index contributed by atoms with van der Waals surface area (Å²) in [6.07, 6.45) is -2.89. The molecular weight excluding hydrogens is 481 g/mol. The number of aryl methyl sites for hydroxylation is 1. The van der Waals surface area contributed by atoms with Crippen molar-refractivity contribution < 1.29 is 21.6 Å². The molecule has 0 bridgehead atoms. The van der Waals surface area contributed by atoms with Crippen LogP contribution in [0.5, 0.6) is 0 Å². The molecule has 4 rings (SSSR count). The monoisotopic (exact) mass is 500 g/mol. The van der Waals surface area contributed by atoms with E-state index < -0.39 is 21.8 Å². The Labute approximate surface area is 199 Å². The molecule has 3 N–H and O–H groups in total. The third-order valence-electron chi connectivity index (χ3n) is 4.66. The molecule has 2 aromatic heterocycles. The molecule has 180 valence electrons. The summed E-state index contributed by atoms with van der Waals surface area (Å²) in [5, 5.41) is 6.21. The Hall–Kier alpha value is -4.19. The van der Waals surface area contributed by atoms with Crippen LogP contribution in [0.3, 0.4) is 0 Å². The van der Waals surface area contributed by atoms with Crippen molar-refractivity contribution in [3.8, 4) is 0 Å². The molecule has 0 fully saturated rings. The number of benzene rings is 2. The predicted octanol–water partition coefficient (Wildman–Crippen LogP) is 5.49. The quantitative estimate of drug-likeness (QED) is 0.308. The zero-order valence-corrected chi connectivity index (χ0v) is 19.0. The van der Waals surface area contributed by atoms with Gasteiger partial charge < -0.3 is 10.6 Å². The number of halogens is 3. The van der Waals surface area contributed by atoms with Crippen LogP contribution >= 0.6 is 0 Å². The van der Waals surface area contributed by atoms with Crippen molar-refractivity contribution in [1.82, 2.24) is 15.0 Å². The molecule has 4 aromatic rings. The van der Waals surface area contributed by atoms with Crippen molar-refractivity contribution in [2.75, 3.05) is 15.4 Å². The molecule has 0 amide bonds. The van der Waals surface area contributed by atoms with Crippen molar-refractivity contribution in [2.24, 2.45) is 0 Å². The summed E-state index contributed by atoms with van der Waals surface area (Å²) >= 11 is 0. The second kappa shape index (κ2) is 9.58. The molecule has 0 unspecified atom stereocenters. The molecule has 0 radical (unpaired) electrons. The molecule has 2 heterocycles. The van der Waals surface area contributed by atoms with E-state index in [1.807, 2.05) is 6.07 Å². The van der Waals surface area contributed by atoms with E-state index in [0.29, 0.717) is 29.0 Å². The van der Waals surface area contributed by atoms with Crippen LogP contribution < -0.4 is 15.4 Å². The van der Waals surface area contributed by atoms with Crippen molar-refractivity contribution in [1.29, 1.82) is 0 Å². The summed E-state index contributed by atoms with van der Waals surface area (Å²) in [4.78, 5) is 12.6. The van der Waals surface area contributed by atoms with Gasteiger partial charge in [0.05, 0.1) is 10.5 Å². The first-order chi connectivity index (χ1) is 16.6. The molecule has 0 saturated carbocycles. The van der Waals surface area contributed by atoms with E-state index >= 15 is 0 Å². The normalized spacial score (nSPS) is 11.7. The van der Waals surface area contributed by atoms with E-state index in [2.05, 4.69) is 30.3 Å². The Morgan fingerprint density at radius 2 is 1.40 bits per heavy atom. The summed E-state index contributed by atoms with van der Waals surface area (Å²) in [7, 11) is -4.06. The molecule has 0 spiro atoms. The van der Waals surface area contributed by atoms with Crippen LogP contribution in [0.2, 0.25) is 0 Å². The lowest BCUT2D eigenvalue weighted by Crippen LogP contribution is -2.13. The highest BCUT2D eigenvalue weighted by Crippen LogP contribution is 2.30. The van der Waals surface area contributed by atoms with E-state index in [4.69, 9.17) is 0 Å². The average molecular weight is 501 g/mol. The number of hydrogen-bond donors (Lipinski definition) is 3. The lowest BCUT2D eigenvalue weighted by Gasteiger charge is -2.12.